The molecule has 0 saturated carbocycles. The quantitative estimate of drug-likeness (QED) is 0.876. The smallest absolute Gasteiger partial charge is 0.130 e. The highest BCUT2D eigenvalue weighted by Gasteiger charge is 2.08. The number of aromatic nitrogens is 2. The van der Waals surface area contributed by atoms with E-state index < -0.39 is 0 Å². The van der Waals surface area contributed by atoms with Gasteiger partial charge in [0.25, 0.3) is 0 Å². The molecule has 0 aliphatic carbocycles. The van der Waals surface area contributed by atoms with Crippen LogP contribution < -0.4 is 14.8 Å². The molecule has 1 aromatic carbocycles. The van der Waals surface area contributed by atoms with Gasteiger partial charge in [-0.25, -0.2) is 0 Å². The predicted octanol–water partition coefficient (Wildman–Crippen LogP) is 2.04. The van der Waals surface area contributed by atoms with Gasteiger partial charge in [-0.15, -0.1) is 0 Å². The van der Waals surface area contributed by atoms with E-state index in [0.717, 1.165) is 35.0 Å². The molecule has 20 heavy (non-hydrogen) atoms. The van der Waals surface area contributed by atoms with Gasteiger partial charge in [0.2, 0.25) is 0 Å². The molecule has 2 rings (SSSR count). The highest BCUT2D eigenvalue weighted by atomic mass is 16.5. The van der Waals surface area contributed by atoms with Gasteiger partial charge in [-0.3, -0.25) is 4.68 Å². The maximum atomic E-state index is 5.93. The average molecular weight is 275 g/mol. The van der Waals surface area contributed by atoms with Gasteiger partial charge in [0.15, 0.2) is 0 Å². The van der Waals surface area contributed by atoms with Crippen molar-refractivity contribution in [1.82, 2.24) is 15.1 Å². The van der Waals surface area contributed by atoms with Crippen LogP contribution in [0.5, 0.6) is 11.5 Å². The second-order valence-corrected chi connectivity index (χ2v) is 4.69. The Morgan fingerprint density at radius 2 is 2.10 bits per heavy atom. The zero-order valence-corrected chi connectivity index (χ0v) is 12.4. The molecule has 0 radical (unpaired) electrons. The third-order valence-electron chi connectivity index (χ3n) is 3.12. The molecule has 0 aliphatic heterocycles. The lowest BCUT2D eigenvalue weighted by molar-refractivity contribution is 0.289. The van der Waals surface area contributed by atoms with Crippen LogP contribution in [0, 0.1) is 6.92 Å². The lowest BCUT2D eigenvalue weighted by Crippen LogP contribution is -2.09. The van der Waals surface area contributed by atoms with Crippen LogP contribution in [0.1, 0.15) is 17.0 Å². The molecule has 1 aromatic heterocycles. The lowest BCUT2D eigenvalue weighted by Gasteiger charge is -2.13. The SMILES string of the molecule is CNCc1ccc(OC)cc1OCc1cc(C)nn1C. The number of hydrogen-bond acceptors (Lipinski definition) is 4. The number of rotatable bonds is 6. The van der Waals surface area contributed by atoms with Crippen LogP contribution in [-0.2, 0) is 20.2 Å². The molecule has 0 saturated heterocycles. The second-order valence-electron chi connectivity index (χ2n) is 4.69. The van der Waals surface area contributed by atoms with Crippen LogP contribution >= 0.6 is 0 Å². The molecule has 0 aliphatic rings. The molecule has 1 heterocycles. The van der Waals surface area contributed by atoms with Crippen molar-refractivity contribution in [3.63, 3.8) is 0 Å². The molecule has 0 bridgehead atoms. The number of methoxy groups -OCH3 is 1. The summed E-state index contributed by atoms with van der Waals surface area (Å²) in [6.07, 6.45) is 0. The highest BCUT2D eigenvalue weighted by Crippen LogP contribution is 2.25. The molecule has 5 nitrogen and oxygen atoms in total. The van der Waals surface area contributed by atoms with Crippen LogP contribution in [0.25, 0.3) is 0 Å². The Hall–Kier alpha value is -2.01. The van der Waals surface area contributed by atoms with Gasteiger partial charge >= 0.3 is 0 Å². The third kappa shape index (κ3) is 3.30. The first-order valence-corrected chi connectivity index (χ1v) is 6.58. The Balaban J connectivity index is 2.16. The van der Waals surface area contributed by atoms with E-state index in [-0.39, 0.29) is 0 Å². The fraction of sp³-hybridized carbons (Fsp3) is 0.400. The normalized spacial score (nSPS) is 10.6. The number of nitrogens with zero attached hydrogens (tertiary/aromatic N) is 2. The van der Waals surface area contributed by atoms with Crippen LogP contribution in [0.4, 0.5) is 0 Å². The molecule has 0 atom stereocenters. The van der Waals surface area contributed by atoms with E-state index in [1.54, 1.807) is 7.11 Å². The van der Waals surface area contributed by atoms with Crippen molar-refractivity contribution in [2.45, 2.75) is 20.1 Å². The first kappa shape index (κ1) is 14.4. The van der Waals surface area contributed by atoms with Crippen molar-refractivity contribution in [2.24, 2.45) is 7.05 Å². The van der Waals surface area contributed by atoms with E-state index in [0.29, 0.717) is 6.61 Å². The van der Waals surface area contributed by atoms with Crippen molar-refractivity contribution in [2.75, 3.05) is 14.2 Å². The van der Waals surface area contributed by atoms with Crippen LogP contribution in [-0.4, -0.2) is 23.9 Å². The molecule has 5 heteroatoms. The Labute approximate surface area is 119 Å². The number of benzene rings is 1. The van der Waals surface area contributed by atoms with Crippen LogP contribution in [0.3, 0.4) is 0 Å². The Morgan fingerprint density at radius 1 is 1.30 bits per heavy atom. The Morgan fingerprint density at radius 3 is 2.70 bits per heavy atom. The minimum absolute atomic E-state index is 0.487. The fourth-order valence-corrected chi connectivity index (χ4v) is 2.08. The predicted molar refractivity (Wildman–Crippen MR) is 78.0 cm³/mol. The van der Waals surface area contributed by atoms with Crippen molar-refractivity contribution >= 4 is 0 Å². The van der Waals surface area contributed by atoms with E-state index in [1.807, 2.05) is 50.0 Å². The Kier molecular flexibility index (Phi) is 4.63. The van der Waals surface area contributed by atoms with Gasteiger partial charge < -0.3 is 14.8 Å². The molecule has 2 aromatic rings. The zero-order valence-electron chi connectivity index (χ0n) is 12.4. The summed E-state index contributed by atoms with van der Waals surface area (Å²) in [6, 6.07) is 7.89. The largest absolute Gasteiger partial charge is 0.497 e. The summed E-state index contributed by atoms with van der Waals surface area (Å²) in [5.74, 6) is 1.62. The molecular formula is C15H21N3O2. The van der Waals surface area contributed by atoms with Gasteiger partial charge in [-0.1, -0.05) is 6.07 Å². The lowest BCUT2D eigenvalue weighted by atomic mass is 10.2. The standard InChI is InChI=1S/C15H21N3O2/c1-11-7-13(18(3)17-11)10-20-15-8-14(19-4)6-5-12(15)9-16-2/h5-8,16H,9-10H2,1-4H3. The van der Waals surface area contributed by atoms with Crippen molar-refractivity contribution < 1.29 is 9.47 Å². The van der Waals surface area contributed by atoms with E-state index in [9.17, 15) is 0 Å². The minimum atomic E-state index is 0.487. The average Bonchev–Trinajstić information content (AvgIpc) is 2.76. The van der Waals surface area contributed by atoms with Crippen LogP contribution in [0.2, 0.25) is 0 Å². The molecule has 108 valence electrons. The number of aryl methyl sites for hydroxylation is 2. The topological polar surface area (TPSA) is 48.3 Å². The van der Waals surface area contributed by atoms with Gasteiger partial charge in [0.05, 0.1) is 18.5 Å². The van der Waals surface area contributed by atoms with Gasteiger partial charge in [-0.2, -0.15) is 5.10 Å². The van der Waals surface area contributed by atoms with Crippen molar-refractivity contribution in [3.8, 4) is 11.5 Å². The number of nitrogens with one attached hydrogen (secondary N) is 1. The summed E-state index contributed by atoms with van der Waals surface area (Å²) in [6.45, 7) is 3.21. The molecule has 0 fully saturated rings. The third-order valence-corrected chi connectivity index (χ3v) is 3.12. The summed E-state index contributed by atoms with van der Waals surface area (Å²) in [4.78, 5) is 0. The van der Waals surface area contributed by atoms with Crippen molar-refractivity contribution in [1.29, 1.82) is 0 Å². The van der Waals surface area contributed by atoms with Gasteiger partial charge in [0, 0.05) is 25.2 Å². The Bertz CT molecular complexity index is 578. The monoisotopic (exact) mass is 275 g/mol. The van der Waals surface area contributed by atoms with E-state index in [4.69, 9.17) is 9.47 Å². The fourth-order valence-electron chi connectivity index (χ4n) is 2.08. The first-order valence-electron chi connectivity index (χ1n) is 6.58. The summed E-state index contributed by atoms with van der Waals surface area (Å²) in [7, 11) is 5.49. The molecule has 0 spiro atoms. The first-order chi connectivity index (χ1) is 9.63. The van der Waals surface area contributed by atoms with E-state index in [1.165, 1.54) is 0 Å². The maximum Gasteiger partial charge on any atom is 0.130 e. The molecule has 1 N–H and O–H groups in total. The molecular weight excluding hydrogens is 254 g/mol. The van der Waals surface area contributed by atoms with Crippen molar-refractivity contribution in [3.05, 3.63) is 41.2 Å². The molecule has 0 unspecified atom stereocenters. The van der Waals surface area contributed by atoms with Gasteiger partial charge in [-0.05, 0) is 26.1 Å². The number of ether oxygens (including phenoxy) is 2. The zero-order chi connectivity index (χ0) is 14.5. The minimum Gasteiger partial charge on any atom is -0.497 e. The van der Waals surface area contributed by atoms with Crippen LogP contribution in [0.15, 0.2) is 24.3 Å². The summed E-state index contributed by atoms with van der Waals surface area (Å²) < 4.78 is 13.0. The summed E-state index contributed by atoms with van der Waals surface area (Å²) in [5, 5.41) is 7.45. The summed E-state index contributed by atoms with van der Waals surface area (Å²) in [5.41, 5.74) is 3.14. The molecule has 0 amide bonds. The maximum absolute atomic E-state index is 5.93. The van der Waals surface area contributed by atoms with Gasteiger partial charge in [0.1, 0.15) is 18.1 Å². The van der Waals surface area contributed by atoms with E-state index in [2.05, 4.69) is 10.4 Å². The van der Waals surface area contributed by atoms with E-state index >= 15 is 0 Å². The number of hydrogen-bond donors (Lipinski definition) is 1. The highest BCUT2D eigenvalue weighted by molar-refractivity contribution is 5.40. The second kappa shape index (κ2) is 6.43. The summed E-state index contributed by atoms with van der Waals surface area (Å²) >= 11 is 0.